The molecule has 0 fully saturated rings. The lowest BCUT2D eigenvalue weighted by Gasteiger charge is -2.49. The predicted molar refractivity (Wildman–Crippen MR) is 94.4 cm³/mol. The van der Waals surface area contributed by atoms with Crippen LogP contribution in [0, 0.1) is 11.3 Å². The van der Waals surface area contributed by atoms with Crippen LogP contribution in [-0.2, 0) is 9.53 Å². The van der Waals surface area contributed by atoms with E-state index in [1.165, 1.54) is 5.01 Å². The smallest absolute Gasteiger partial charge is 0.243 e. The number of nitrogens with zero attached hydrogens (tertiary/aromatic N) is 3. The Morgan fingerprint density at radius 2 is 2.15 bits per heavy atom. The number of benzene rings is 1. The van der Waals surface area contributed by atoms with Crippen molar-refractivity contribution in [2.75, 3.05) is 6.54 Å². The van der Waals surface area contributed by atoms with Crippen molar-refractivity contribution in [3.63, 3.8) is 0 Å². The molecule has 2 atom stereocenters. The minimum Gasteiger partial charge on any atom is -0.484 e. The van der Waals surface area contributed by atoms with Crippen LogP contribution in [-0.4, -0.2) is 39.7 Å². The minimum atomic E-state index is -1.38. The summed E-state index contributed by atoms with van der Waals surface area (Å²) in [6, 6.07) is 7.14. The fraction of sp³-hybridized carbons (Fsp3) is 0.526. The SMILES string of the molecule is CCN1N=C(OC2c3cc(C#N)ccc3OC(C)(C)C2(C)O)CCC1=O. The van der Waals surface area contributed by atoms with Gasteiger partial charge < -0.3 is 14.6 Å². The number of amides is 1. The largest absolute Gasteiger partial charge is 0.484 e. The molecule has 3 rings (SSSR count). The lowest BCUT2D eigenvalue weighted by molar-refractivity contribution is -0.178. The van der Waals surface area contributed by atoms with Gasteiger partial charge in [0, 0.05) is 24.9 Å². The lowest BCUT2D eigenvalue weighted by atomic mass is 9.77. The summed E-state index contributed by atoms with van der Waals surface area (Å²) in [4.78, 5) is 11.8. The van der Waals surface area contributed by atoms with Gasteiger partial charge in [-0.05, 0) is 45.9 Å². The molecule has 0 saturated carbocycles. The standard InChI is InChI=1S/C19H23N3O4/c1-5-22-16(23)9-8-15(21-22)25-17-13-10-12(11-20)6-7-14(13)26-18(2,3)19(17,4)24/h6-7,10,17,24H,5,8-9H2,1-4H3. The maximum atomic E-state index is 11.8. The average Bonchev–Trinajstić information content (AvgIpc) is 2.60. The van der Waals surface area contributed by atoms with E-state index in [9.17, 15) is 15.2 Å². The molecule has 0 spiro atoms. The molecular formula is C19H23N3O4. The van der Waals surface area contributed by atoms with Crippen molar-refractivity contribution in [1.29, 1.82) is 5.26 Å². The van der Waals surface area contributed by atoms with E-state index in [4.69, 9.17) is 9.47 Å². The van der Waals surface area contributed by atoms with Gasteiger partial charge in [-0.3, -0.25) is 4.79 Å². The highest BCUT2D eigenvalue weighted by atomic mass is 16.6. The quantitative estimate of drug-likeness (QED) is 0.877. The van der Waals surface area contributed by atoms with E-state index in [2.05, 4.69) is 11.2 Å². The Balaban J connectivity index is 2.04. The zero-order valence-electron chi connectivity index (χ0n) is 15.4. The number of fused-ring (bicyclic) bond motifs is 1. The summed E-state index contributed by atoms with van der Waals surface area (Å²) in [6.07, 6.45) is -0.0941. The van der Waals surface area contributed by atoms with Crippen molar-refractivity contribution in [3.05, 3.63) is 29.3 Å². The number of ether oxygens (including phenoxy) is 2. The van der Waals surface area contributed by atoms with Crippen LogP contribution in [0.4, 0.5) is 0 Å². The van der Waals surface area contributed by atoms with E-state index in [0.717, 1.165) is 0 Å². The molecule has 2 unspecified atom stereocenters. The number of carbonyl (C=O) groups excluding carboxylic acids is 1. The van der Waals surface area contributed by atoms with E-state index in [-0.39, 0.29) is 5.91 Å². The first kappa shape index (κ1) is 18.2. The van der Waals surface area contributed by atoms with Crippen LogP contribution < -0.4 is 4.74 Å². The van der Waals surface area contributed by atoms with E-state index in [1.54, 1.807) is 39.0 Å². The molecule has 26 heavy (non-hydrogen) atoms. The van der Waals surface area contributed by atoms with Gasteiger partial charge in [0.1, 0.15) is 17.0 Å². The molecule has 2 heterocycles. The van der Waals surface area contributed by atoms with Crippen LogP contribution in [0.2, 0.25) is 0 Å². The zero-order valence-corrected chi connectivity index (χ0v) is 15.4. The first-order chi connectivity index (χ1) is 12.2. The molecule has 2 aliphatic rings. The Morgan fingerprint density at radius 1 is 1.42 bits per heavy atom. The number of hydrazone groups is 1. The van der Waals surface area contributed by atoms with Crippen molar-refractivity contribution in [2.24, 2.45) is 5.10 Å². The summed E-state index contributed by atoms with van der Waals surface area (Å²) in [6.45, 7) is 7.51. The van der Waals surface area contributed by atoms with Crippen molar-refractivity contribution < 1.29 is 19.4 Å². The highest BCUT2D eigenvalue weighted by Gasteiger charge is 2.54. The van der Waals surface area contributed by atoms with Gasteiger partial charge in [-0.15, -0.1) is 5.10 Å². The van der Waals surface area contributed by atoms with Gasteiger partial charge in [0.25, 0.3) is 0 Å². The van der Waals surface area contributed by atoms with E-state index in [0.29, 0.717) is 42.2 Å². The van der Waals surface area contributed by atoms with Crippen LogP contribution in [0.5, 0.6) is 5.75 Å². The third-order valence-corrected chi connectivity index (χ3v) is 5.14. The van der Waals surface area contributed by atoms with Crippen molar-refractivity contribution in [2.45, 2.75) is 57.8 Å². The Hall–Kier alpha value is -2.59. The Labute approximate surface area is 152 Å². The molecule has 0 bridgehead atoms. The number of rotatable bonds is 2. The first-order valence-electron chi connectivity index (χ1n) is 8.69. The van der Waals surface area contributed by atoms with Gasteiger partial charge in [0.15, 0.2) is 6.10 Å². The maximum absolute atomic E-state index is 11.8. The molecule has 0 radical (unpaired) electrons. The fourth-order valence-electron chi connectivity index (χ4n) is 3.14. The Bertz CT molecular complexity index is 807. The summed E-state index contributed by atoms with van der Waals surface area (Å²) >= 11 is 0. The number of carbonyl (C=O) groups is 1. The van der Waals surface area contributed by atoms with E-state index >= 15 is 0 Å². The maximum Gasteiger partial charge on any atom is 0.243 e. The molecule has 7 nitrogen and oxygen atoms in total. The fourth-order valence-corrected chi connectivity index (χ4v) is 3.14. The summed E-state index contributed by atoms with van der Waals surface area (Å²) in [5, 5.41) is 26.1. The topological polar surface area (TPSA) is 95.2 Å². The van der Waals surface area contributed by atoms with Gasteiger partial charge in [-0.2, -0.15) is 5.26 Å². The highest BCUT2D eigenvalue weighted by molar-refractivity contribution is 5.88. The molecule has 1 amide bonds. The second-order valence-electron chi connectivity index (χ2n) is 7.23. The second kappa shape index (κ2) is 6.29. The number of nitriles is 1. The molecule has 0 aromatic heterocycles. The molecule has 0 saturated heterocycles. The summed E-state index contributed by atoms with van der Waals surface area (Å²) in [5.74, 6) is 0.902. The molecule has 7 heteroatoms. The third kappa shape index (κ3) is 2.90. The second-order valence-corrected chi connectivity index (χ2v) is 7.23. The van der Waals surface area contributed by atoms with E-state index < -0.39 is 17.3 Å². The summed E-state index contributed by atoms with van der Waals surface area (Å²) < 4.78 is 12.1. The zero-order chi connectivity index (χ0) is 19.1. The molecule has 0 aliphatic carbocycles. The van der Waals surface area contributed by atoms with Gasteiger partial charge in [-0.1, -0.05) is 0 Å². The summed E-state index contributed by atoms with van der Waals surface area (Å²) in [5.41, 5.74) is -1.26. The first-order valence-corrected chi connectivity index (χ1v) is 8.69. The lowest BCUT2D eigenvalue weighted by Crippen LogP contribution is -2.59. The average molecular weight is 357 g/mol. The number of hydrogen-bond donors (Lipinski definition) is 1. The van der Waals surface area contributed by atoms with Crippen molar-refractivity contribution in [3.8, 4) is 11.8 Å². The van der Waals surface area contributed by atoms with Crippen LogP contribution in [0.3, 0.4) is 0 Å². The predicted octanol–water partition coefficient (Wildman–Crippen LogP) is 2.49. The van der Waals surface area contributed by atoms with Gasteiger partial charge in [-0.25, -0.2) is 5.01 Å². The monoisotopic (exact) mass is 357 g/mol. The van der Waals surface area contributed by atoms with Crippen LogP contribution in [0.1, 0.15) is 57.8 Å². The van der Waals surface area contributed by atoms with Crippen LogP contribution >= 0.6 is 0 Å². The number of hydrogen-bond acceptors (Lipinski definition) is 6. The van der Waals surface area contributed by atoms with E-state index in [1.807, 2.05) is 6.92 Å². The molecule has 2 aliphatic heterocycles. The minimum absolute atomic E-state index is 0.0499. The molecule has 1 N–H and O–H groups in total. The number of aliphatic hydroxyl groups is 1. The normalized spacial score (nSPS) is 27.1. The summed E-state index contributed by atoms with van der Waals surface area (Å²) in [7, 11) is 0. The van der Waals surface area contributed by atoms with Crippen LogP contribution in [0.25, 0.3) is 0 Å². The highest BCUT2D eigenvalue weighted by Crippen LogP contribution is 2.48. The third-order valence-electron chi connectivity index (χ3n) is 5.14. The Morgan fingerprint density at radius 3 is 2.81 bits per heavy atom. The van der Waals surface area contributed by atoms with Gasteiger partial charge >= 0.3 is 0 Å². The molecular weight excluding hydrogens is 334 g/mol. The van der Waals surface area contributed by atoms with Crippen LogP contribution in [0.15, 0.2) is 23.3 Å². The van der Waals surface area contributed by atoms with Gasteiger partial charge in [0.2, 0.25) is 11.8 Å². The van der Waals surface area contributed by atoms with Crippen molar-refractivity contribution >= 4 is 11.8 Å². The molecule has 1 aromatic rings. The Kier molecular flexibility index (Phi) is 4.41. The van der Waals surface area contributed by atoms with Crippen molar-refractivity contribution in [1.82, 2.24) is 5.01 Å². The van der Waals surface area contributed by atoms with Gasteiger partial charge in [0.05, 0.1) is 11.6 Å². The molecule has 1 aromatic carbocycles. The molecule has 138 valence electrons.